The number of allylic oxidation sites excluding steroid dienone is 1. The summed E-state index contributed by atoms with van der Waals surface area (Å²) >= 11 is 5.48. The zero-order chi connectivity index (χ0) is 21.5. The van der Waals surface area contributed by atoms with Crippen molar-refractivity contribution in [2.45, 2.75) is 0 Å². The van der Waals surface area contributed by atoms with E-state index in [1.54, 1.807) is 6.21 Å². The average molecular weight is 432 g/mol. The van der Waals surface area contributed by atoms with Crippen molar-refractivity contribution in [2.24, 2.45) is 5.10 Å². The minimum atomic E-state index is -0.112. The molecule has 0 unspecified atom stereocenters. The van der Waals surface area contributed by atoms with Gasteiger partial charge in [-0.3, -0.25) is 0 Å². The van der Waals surface area contributed by atoms with Gasteiger partial charge in [-0.1, -0.05) is 60.7 Å². The van der Waals surface area contributed by atoms with E-state index >= 15 is 0 Å². The van der Waals surface area contributed by atoms with Gasteiger partial charge in [0.2, 0.25) is 0 Å². The van der Waals surface area contributed by atoms with Gasteiger partial charge < -0.3 is 19.9 Å². The number of anilines is 1. The Morgan fingerprint density at radius 2 is 1.52 bits per heavy atom. The number of hydrogen-bond donors (Lipinski definition) is 2. The first-order valence-corrected chi connectivity index (χ1v) is 10.2. The molecule has 0 radical (unpaired) electrons. The summed E-state index contributed by atoms with van der Waals surface area (Å²) in [5.74, 6) is 2.22. The number of benzene rings is 3. The molecule has 0 bridgehead atoms. The first-order chi connectivity index (χ1) is 15.2. The molecule has 0 fully saturated rings. The van der Waals surface area contributed by atoms with Gasteiger partial charge in [-0.15, -0.1) is 0 Å². The number of para-hydroxylation sites is 3. The van der Waals surface area contributed by atoms with Crippen LogP contribution in [0.5, 0.6) is 11.5 Å². The molecular formula is C24H21N3O3S. The van der Waals surface area contributed by atoms with Crippen LogP contribution in [0.25, 0.3) is 5.76 Å². The maximum absolute atomic E-state index is 9.48. The summed E-state index contributed by atoms with van der Waals surface area (Å²) in [6.07, 6.45) is 1.55. The van der Waals surface area contributed by atoms with Gasteiger partial charge in [0.05, 0.1) is 19.4 Å². The third kappa shape index (κ3) is 5.09. The SMILES string of the molecule is OCCN(/N=C/C1=C(c2ccccc2)Oc2ccccc2O1)C(=S)Nc1ccccc1. The fourth-order valence-corrected chi connectivity index (χ4v) is 3.21. The smallest absolute Gasteiger partial charge is 0.194 e. The molecule has 7 heteroatoms. The number of aliphatic hydroxyl groups excluding tert-OH is 1. The number of hydrazone groups is 1. The Morgan fingerprint density at radius 1 is 0.903 bits per heavy atom. The van der Waals surface area contributed by atoms with Crippen molar-refractivity contribution >= 4 is 35.0 Å². The largest absolute Gasteiger partial charge is 0.449 e. The maximum atomic E-state index is 9.48. The number of rotatable bonds is 6. The Kier molecular flexibility index (Phi) is 6.56. The van der Waals surface area contributed by atoms with Crippen LogP contribution in [0, 0.1) is 0 Å². The second-order valence-corrected chi connectivity index (χ2v) is 6.98. The van der Waals surface area contributed by atoms with Crippen molar-refractivity contribution in [1.29, 1.82) is 0 Å². The van der Waals surface area contributed by atoms with Gasteiger partial charge in [0.1, 0.15) is 0 Å². The van der Waals surface area contributed by atoms with Gasteiger partial charge in [0.25, 0.3) is 0 Å². The van der Waals surface area contributed by atoms with E-state index in [-0.39, 0.29) is 13.2 Å². The highest BCUT2D eigenvalue weighted by molar-refractivity contribution is 7.80. The van der Waals surface area contributed by atoms with Crippen LogP contribution in [-0.4, -0.2) is 34.6 Å². The predicted octanol–water partition coefficient (Wildman–Crippen LogP) is 4.50. The van der Waals surface area contributed by atoms with Crippen LogP contribution in [-0.2, 0) is 0 Å². The standard InChI is InChI=1S/C24H21N3O3S/c28-16-15-27(24(31)26-19-11-5-2-6-12-19)25-17-22-23(18-9-3-1-4-10-18)30-21-14-8-7-13-20(21)29-22/h1-14,17,28H,15-16H2,(H,26,31)/b25-17+. The van der Waals surface area contributed by atoms with Crippen LogP contribution >= 0.6 is 12.2 Å². The molecule has 0 saturated heterocycles. The fourth-order valence-electron chi connectivity index (χ4n) is 2.96. The van der Waals surface area contributed by atoms with Crippen molar-refractivity contribution in [3.8, 4) is 11.5 Å². The van der Waals surface area contributed by atoms with E-state index in [2.05, 4.69) is 10.4 Å². The molecule has 1 aliphatic heterocycles. The second kappa shape index (κ2) is 9.88. The van der Waals surface area contributed by atoms with E-state index in [4.69, 9.17) is 21.7 Å². The summed E-state index contributed by atoms with van der Waals surface area (Å²) in [6.45, 7) is 0.110. The van der Waals surface area contributed by atoms with Crippen molar-refractivity contribution in [3.05, 3.63) is 96.3 Å². The van der Waals surface area contributed by atoms with Crippen molar-refractivity contribution < 1.29 is 14.6 Å². The molecule has 1 heterocycles. The summed E-state index contributed by atoms with van der Waals surface area (Å²) in [5, 5.41) is 18.9. The van der Waals surface area contributed by atoms with Crippen LogP contribution in [0.2, 0.25) is 0 Å². The molecule has 0 amide bonds. The summed E-state index contributed by atoms with van der Waals surface area (Å²) in [4.78, 5) is 0. The number of aliphatic hydroxyl groups is 1. The monoisotopic (exact) mass is 431 g/mol. The molecule has 2 N–H and O–H groups in total. The molecule has 31 heavy (non-hydrogen) atoms. The van der Waals surface area contributed by atoms with Gasteiger partial charge in [0, 0.05) is 11.3 Å². The lowest BCUT2D eigenvalue weighted by Gasteiger charge is -2.23. The highest BCUT2D eigenvalue weighted by Crippen LogP contribution is 2.37. The molecular weight excluding hydrogens is 410 g/mol. The molecule has 0 aliphatic carbocycles. The zero-order valence-corrected chi connectivity index (χ0v) is 17.5. The molecule has 3 aromatic rings. The van der Waals surface area contributed by atoms with Crippen LogP contribution < -0.4 is 14.8 Å². The van der Waals surface area contributed by atoms with Crippen LogP contribution in [0.15, 0.2) is 95.8 Å². The highest BCUT2D eigenvalue weighted by Gasteiger charge is 2.22. The highest BCUT2D eigenvalue weighted by atomic mass is 32.1. The third-order valence-electron chi connectivity index (χ3n) is 4.43. The topological polar surface area (TPSA) is 66.3 Å². The summed E-state index contributed by atoms with van der Waals surface area (Å²) in [5.41, 5.74) is 1.69. The summed E-state index contributed by atoms with van der Waals surface area (Å²) in [7, 11) is 0. The maximum Gasteiger partial charge on any atom is 0.194 e. The molecule has 6 nitrogen and oxygen atoms in total. The lowest BCUT2D eigenvalue weighted by molar-refractivity contribution is 0.254. The fraction of sp³-hybridized carbons (Fsp3) is 0.0833. The molecule has 4 rings (SSSR count). The number of nitrogens with zero attached hydrogens (tertiary/aromatic N) is 2. The predicted molar refractivity (Wildman–Crippen MR) is 126 cm³/mol. The Balaban J connectivity index is 1.62. The van der Waals surface area contributed by atoms with E-state index < -0.39 is 0 Å². The molecule has 0 aromatic heterocycles. The number of nitrogens with one attached hydrogen (secondary N) is 1. The third-order valence-corrected chi connectivity index (χ3v) is 4.74. The lowest BCUT2D eigenvalue weighted by Crippen LogP contribution is -2.33. The van der Waals surface area contributed by atoms with Gasteiger partial charge in [-0.05, 0) is 36.5 Å². The van der Waals surface area contributed by atoms with Crippen LogP contribution in [0.4, 0.5) is 5.69 Å². The first-order valence-electron chi connectivity index (χ1n) is 9.77. The van der Waals surface area contributed by atoms with E-state index in [0.29, 0.717) is 28.1 Å². The van der Waals surface area contributed by atoms with E-state index in [9.17, 15) is 5.11 Å². The Bertz CT molecular complexity index is 1100. The van der Waals surface area contributed by atoms with Gasteiger partial charge in [-0.2, -0.15) is 5.10 Å². The van der Waals surface area contributed by atoms with Crippen LogP contribution in [0.3, 0.4) is 0 Å². The van der Waals surface area contributed by atoms with Crippen molar-refractivity contribution in [3.63, 3.8) is 0 Å². The minimum Gasteiger partial charge on any atom is -0.449 e. The number of ether oxygens (including phenoxy) is 2. The lowest BCUT2D eigenvalue weighted by atomic mass is 10.1. The number of thiocarbonyl (C=S) groups is 1. The van der Waals surface area contributed by atoms with Crippen molar-refractivity contribution in [1.82, 2.24) is 5.01 Å². The van der Waals surface area contributed by atoms with E-state index in [0.717, 1.165) is 11.3 Å². The van der Waals surface area contributed by atoms with Gasteiger partial charge >= 0.3 is 0 Å². The van der Waals surface area contributed by atoms with Crippen molar-refractivity contribution in [2.75, 3.05) is 18.5 Å². The second-order valence-electron chi connectivity index (χ2n) is 6.60. The molecule has 3 aromatic carbocycles. The Hall–Kier alpha value is -3.68. The molecule has 1 aliphatic rings. The average Bonchev–Trinajstić information content (AvgIpc) is 2.82. The summed E-state index contributed by atoms with van der Waals surface area (Å²) < 4.78 is 12.2. The molecule has 0 spiro atoms. The minimum absolute atomic E-state index is 0.112. The zero-order valence-electron chi connectivity index (χ0n) is 16.6. The molecule has 0 saturated carbocycles. The summed E-state index contributed by atoms with van der Waals surface area (Å²) in [6, 6.07) is 26.7. The quantitative estimate of drug-likeness (QED) is 0.340. The number of fused-ring (bicyclic) bond motifs is 1. The van der Waals surface area contributed by atoms with Gasteiger partial charge in [-0.25, -0.2) is 5.01 Å². The molecule has 156 valence electrons. The first kappa shape index (κ1) is 20.6. The normalized spacial score (nSPS) is 12.7. The van der Waals surface area contributed by atoms with Gasteiger partial charge in [0.15, 0.2) is 28.1 Å². The van der Waals surface area contributed by atoms with Crippen LogP contribution in [0.1, 0.15) is 5.56 Å². The van der Waals surface area contributed by atoms with E-state index in [1.807, 2.05) is 84.9 Å². The van der Waals surface area contributed by atoms with E-state index in [1.165, 1.54) is 5.01 Å². The molecule has 0 atom stereocenters. The Labute approximate surface area is 186 Å². The number of hydrogen-bond acceptors (Lipinski definition) is 5. The Morgan fingerprint density at radius 3 is 2.19 bits per heavy atom.